The van der Waals surface area contributed by atoms with Crippen LogP contribution in [0.5, 0.6) is 11.5 Å². The molecule has 26 heavy (non-hydrogen) atoms. The largest absolute Gasteiger partial charge is 0.493 e. The highest BCUT2D eigenvalue weighted by Crippen LogP contribution is 2.31. The minimum atomic E-state index is 0.0779. The van der Waals surface area contributed by atoms with Gasteiger partial charge in [0.25, 0.3) is 0 Å². The van der Waals surface area contributed by atoms with E-state index in [1.807, 2.05) is 49.5 Å². The van der Waals surface area contributed by atoms with Crippen LogP contribution in [0.1, 0.15) is 17.0 Å². The lowest BCUT2D eigenvalue weighted by Crippen LogP contribution is -2.26. The summed E-state index contributed by atoms with van der Waals surface area (Å²) in [6.45, 7) is 0.521. The highest BCUT2D eigenvalue weighted by molar-refractivity contribution is 7.18. The molecule has 3 rings (SSSR count). The van der Waals surface area contributed by atoms with Crippen LogP contribution in [0.2, 0.25) is 0 Å². The molecular weight excluding hydrogens is 348 g/mol. The number of carbonyl (C=O) groups excluding carboxylic acids is 1. The maximum Gasteiger partial charge on any atom is 0.223 e. The predicted octanol–water partition coefficient (Wildman–Crippen LogP) is 3.90. The summed E-state index contributed by atoms with van der Waals surface area (Å²) in [7, 11) is 5.04. The molecule has 0 radical (unpaired) electrons. The summed E-state index contributed by atoms with van der Waals surface area (Å²) in [5.74, 6) is 1.45. The van der Waals surface area contributed by atoms with Crippen molar-refractivity contribution >= 4 is 27.5 Å². The molecule has 0 spiro atoms. The van der Waals surface area contributed by atoms with Crippen LogP contribution >= 0.6 is 11.3 Å². The van der Waals surface area contributed by atoms with Gasteiger partial charge in [0.15, 0.2) is 11.5 Å². The average Bonchev–Trinajstić information content (AvgIpc) is 3.07. The average molecular weight is 370 g/mol. The minimum absolute atomic E-state index is 0.0779. The summed E-state index contributed by atoms with van der Waals surface area (Å²) in [4.78, 5) is 18.8. The summed E-state index contributed by atoms with van der Waals surface area (Å²) in [6.07, 6.45) is 1.01. The topological polar surface area (TPSA) is 51.7 Å². The van der Waals surface area contributed by atoms with Crippen molar-refractivity contribution in [3.05, 3.63) is 53.0 Å². The zero-order valence-electron chi connectivity index (χ0n) is 15.2. The third-order valence-electron chi connectivity index (χ3n) is 4.23. The number of hydrogen-bond donors (Lipinski definition) is 0. The van der Waals surface area contributed by atoms with Gasteiger partial charge in [-0.2, -0.15) is 0 Å². The molecule has 0 bridgehead atoms. The van der Waals surface area contributed by atoms with Crippen LogP contribution in [0.4, 0.5) is 0 Å². The summed E-state index contributed by atoms with van der Waals surface area (Å²) < 4.78 is 11.9. The zero-order valence-corrected chi connectivity index (χ0v) is 16.0. The van der Waals surface area contributed by atoms with E-state index in [1.165, 1.54) is 0 Å². The summed E-state index contributed by atoms with van der Waals surface area (Å²) in [5, 5.41) is 0.945. The summed E-state index contributed by atoms with van der Waals surface area (Å²) >= 11 is 1.63. The Labute approximate surface area is 157 Å². The zero-order chi connectivity index (χ0) is 18.5. The van der Waals surface area contributed by atoms with Gasteiger partial charge in [-0.05, 0) is 30.2 Å². The fraction of sp³-hybridized carbons (Fsp3) is 0.300. The van der Waals surface area contributed by atoms with Crippen LogP contribution in [0.15, 0.2) is 42.5 Å². The molecule has 136 valence electrons. The van der Waals surface area contributed by atoms with E-state index in [-0.39, 0.29) is 5.91 Å². The second-order valence-electron chi connectivity index (χ2n) is 5.98. The molecule has 6 heteroatoms. The highest BCUT2D eigenvalue weighted by atomic mass is 32.1. The Morgan fingerprint density at radius 1 is 1.12 bits per heavy atom. The Bertz CT molecular complexity index is 874. The van der Waals surface area contributed by atoms with E-state index < -0.39 is 0 Å². The van der Waals surface area contributed by atoms with Crippen molar-refractivity contribution < 1.29 is 14.3 Å². The molecule has 5 nitrogen and oxygen atoms in total. The van der Waals surface area contributed by atoms with E-state index >= 15 is 0 Å². The first-order chi connectivity index (χ1) is 12.6. The lowest BCUT2D eigenvalue weighted by Gasteiger charge is -2.17. The number of aryl methyl sites for hydroxylation is 1. The molecular formula is C20H22N2O3S. The van der Waals surface area contributed by atoms with Gasteiger partial charge in [-0.1, -0.05) is 24.3 Å². The van der Waals surface area contributed by atoms with E-state index in [4.69, 9.17) is 9.47 Å². The monoisotopic (exact) mass is 370 g/mol. The van der Waals surface area contributed by atoms with Crippen molar-refractivity contribution in [2.24, 2.45) is 0 Å². The molecule has 1 amide bonds. The number of methoxy groups -OCH3 is 2. The Morgan fingerprint density at radius 2 is 1.92 bits per heavy atom. The fourth-order valence-corrected chi connectivity index (χ4v) is 3.88. The maximum absolute atomic E-state index is 12.5. The lowest BCUT2D eigenvalue weighted by atomic mass is 10.1. The van der Waals surface area contributed by atoms with E-state index in [0.717, 1.165) is 20.8 Å². The summed E-state index contributed by atoms with van der Waals surface area (Å²) in [6, 6.07) is 13.7. The lowest BCUT2D eigenvalue weighted by molar-refractivity contribution is -0.130. The van der Waals surface area contributed by atoms with E-state index in [9.17, 15) is 4.79 Å². The molecule has 1 aromatic heterocycles. The van der Waals surface area contributed by atoms with Crippen LogP contribution in [-0.2, 0) is 17.8 Å². The number of ether oxygens (including phenoxy) is 2. The molecule has 0 N–H and O–H groups in total. The first kappa shape index (κ1) is 18.2. The Balaban J connectivity index is 1.63. The number of para-hydroxylation sites is 2. The van der Waals surface area contributed by atoms with Crippen molar-refractivity contribution in [1.82, 2.24) is 9.88 Å². The number of thiazole rings is 1. The molecule has 0 atom stereocenters. The maximum atomic E-state index is 12.5. The number of fused-ring (bicyclic) bond motifs is 1. The molecule has 1 heterocycles. The number of amides is 1. The number of benzene rings is 2. The van der Waals surface area contributed by atoms with E-state index in [1.54, 1.807) is 30.5 Å². The molecule has 0 aliphatic rings. The summed E-state index contributed by atoms with van der Waals surface area (Å²) in [5.41, 5.74) is 1.95. The minimum Gasteiger partial charge on any atom is -0.493 e. The Kier molecular flexibility index (Phi) is 5.73. The normalized spacial score (nSPS) is 10.7. The Morgan fingerprint density at radius 3 is 2.65 bits per heavy atom. The molecule has 0 fully saturated rings. The van der Waals surface area contributed by atoms with Gasteiger partial charge in [-0.15, -0.1) is 11.3 Å². The van der Waals surface area contributed by atoms with Crippen LogP contribution in [0, 0.1) is 0 Å². The first-order valence-corrected chi connectivity index (χ1v) is 9.22. The third-order valence-corrected chi connectivity index (χ3v) is 5.25. The number of aromatic nitrogens is 1. The van der Waals surface area contributed by atoms with E-state index in [2.05, 4.69) is 4.98 Å². The van der Waals surface area contributed by atoms with Gasteiger partial charge in [0, 0.05) is 13.5 Å². The van der Waals surface area contributed by atoms with Gasteiger partial charge in [0.1, 0.15) is 5.01 Å². The second kappa shape index (κ2) is 8.19. The highest BCUT2D eigenvalue weighted by Gasteiger charge is 2.15. The molecule has 0 saturated heterocycles. The first-order valence-electron chi connectivity index (χ1n) is 8.40. The Hall–Kier alpha value is -2.60. The van der Waals surface area contributed by atoms with Crippen molar-refractivity contribution in [3.8, 4) is 11.5 Å². The molecule has 0 aliphatic heterocycles. The van der Waals surface area contributed by atoms with Crippen molar-refractivity contribution in [2.75, 3.05) is 21.3 Å². The van der Waals surface area contributed by atoms with E-state index in [0.29, 0.717) is 30.9 Å². The number of carbonyl (C=O) groups is 1. The quantitative estimate of drug-likeness (QED) is 0.633. The fourth-order valence-electron chi connectivity index (χ4n) is 2.86. The van der Waals surface area contributed by atoms with Gasteiger partial charge < -0.3 is 14.4 Å². The van der Waals surface area contributed by atoms with Crippen LogP contribution in [0.3, 0.4) is 0 Å². The SMILES string of the molecule is COc1cccc(CCC(=O)N(C)Cc2nc3ccccc3s2)c1OC. The van der Waals surface area contributed by atoms with Crippen LogP contribution in [0.25, 0.3) is 10.2 Å². The molecule has 2 aromatic carbocycles. The number of nitrogens with zero attached hydrogens (tertiary/aromatic N) is 2. The molecule has 0 aliphatic carbocycles. The van der Waals surface area contributed by atoms with Crippen molar-refractivity contribution in [2.45, 2.75) is 19.4 Å². The third kappa shape index (κ3) is 3.96. The predicted molar refractivity (Wildman–Crippen MR) is 104 cm³/mol. The van der Waals surface area contributed by atoms with Gasteiger partial charge in [-0.25, -0.2) is 4.98 Å². The van der Waals surface area contributed by atoms with Gasteiger partial charge in [-0.3, -0.25) is 4.79 Å². The molecule has 3 aromatic rings. The van der Waals surface area contributed by atoms with Crippen LogP contribution < -0.4 is 9.47 Å². The van der Waals surface area contributed by atoms with Gasteiger partial charge >= 0.3 is 0 Å². The molecule has 0 saturated carbocycles. The van der Waals surface area contributed by atoms with Crippen molar-refractivity contribution in [3.63, 3.8) is 0 Å². The molecule has 0 unspecified atom stereocenters. The van der Waals surface area contributed by atoms with Crippen molar-refractivity contribution in [1.29, 1.82) is 0 Å². The second-order valence-corrected chi connectivity index (χ2v) is 7.09. The number of rotatable bonds is 7. The standard InChI is InChI=1S/C20H22N2O3S/c1-22(13-18-21-15-8-4-5-10-17(15)26-18)19(23)12-11-14-7-6-9-16(24-2)20(14)25-3/h4-10H,11-13H2,1-3H3. The van der Waals surface area contributed by atoms with Gasteiger partial charge in [0.2, 0.25) is 5.91 Å². The smallest absolute Gasteiger partial charge is 0.223 e. The van der Waals surface area contributed by atoms with Crippen LogP contribution in [-0.4, -0.2) is 37.1 Å². The van der Waals surface area contributed by atoms with Gasteiger partial charge in [0.05, 0.1) is 31.0 Å². The number of hydrogen-bond acceptors (Lipinski definition) is 5.